The van der Waals surface area contributed by atoms with Gasteiger partial charge in [-0.15, -0.1) is 0 Å². The lowest BCUT2D eigenvalue weighted by Crippen LogP contribution is -2.34. The average molecular weight is 736 g/mol. The van der Waals surface area contributed by atoms with E-state index in [1.165, 1.54) is 0 Å². The fourth-order valence-electron chi connectivity index (χ4n) is 8.01. The summed E-state index contributed by atoms with van der Waals surface area (Å²) >= 11 is 0. The summed E-state index contributed by atoms with van der Waals surface area (Å²) in [6.45, 7) is 0.957. The molecule has 3 atom stereocenters. The summed E-state index contributed by atoms with van der Waals surface area (Å²) in [6, 6.07) is 11.8. The summed E-state index contributed by atoms with van der Waals surface area (Å²) in [5.74, 6) is -3.54. The van der Waals surface area contributed by atoms with Crippen LogP contribution in [0.4, 0.5) is 30.7 Å². The van der Waals surface area contributed by atoms with Crippen LogP contribution in [-0.4, -0.2) is 41.0 Å². The van der Waals surface area contributed by atoms with Gasteiger partial charge in [0.15, 0.2) is 11.5 Å². The molecule has 0 amide bonds. The number of para-hydroxylation sites is 1. The smallest absolute Gasteiger partial charge is 0.378 e. The molecule has 2 aromatic carbocycles. The highest BCUT2D eigenvalue weighted by Crippen LogP contribution is 2.68. The number of carbonyl (C=O) groups is 1. The van der Waals surface area contributed by atoms with Crippen LogP contribution in [0.1, 0.15) is 83.5 Å². The standard InChI is InChI=1S/C39H32F7N5O2/c1-20-27-5-3-6-29(34(27)50(2)48-20)28-8-7-25(9-12-37(53)10-4-11-37)47-33(28)22(13-21-14-23(40)17-24(41)15-21)16-26(52)19-51-36-32(35(49-51)39(44,45)46)30-18-31(30)38(36,42)43/h3,5-8,14-15,17,22,30-31,53H,4,10-11,13,16,18-19H2,1-2H3/t22-,30+,31-/m1/s1. The highest BCUT2D eigenvalue weighted by atomic mass is 19.4. The van der Waals surface area contributed by atoms with Crippen LogP contribution >= 0.6 is 0 Å². The third-order valence-corrected chi connectivity index (χ3v) is 10.7. The first-order chi connectivity index (χ1) is 25.0. The minimum atomic E-state index is -5.01. The van der Waals surface area contributed by atoms with Crippen molar-refractivity contribution in [2.45, 2.75) is 81.5 Å². The Hall–Kier alpha value is -5.03. The number of hydrogen-bond acceptors (Lipinski definition) is 5. The number of hydrogen-bond donors (Lipinski definition) is 1. The molecule has 3 heterocycles. The molecule has 3 aromatic heterocycles. The molecule has 3 aliphatic rings. The van der Waals surface area contributed by atoms with E-state index in [2.05, 4.69) is 22.0 Å². The van der Waals surface area contributed by atoms with Gasteiger partial charge in [-0.2, -0.15) is 32.1 Å². The van der Waals surface area contributed by atoms with Gasteiger partial charge in [0.2, 0.25) is 0 Å². The number of aromatic nitrogens is 5. The van der Waals surface area contributed by atoms with E-state index in [-0.39, 0.29) is 29.8 Å². The van der Waals surface area contributed by atoms with Gasteiger partial charge in [0.1, 0.15) is 35.2 Å². The maximum Gasteiger partial charge on any atom is 0.435 e. The zero-order valence-electron chi connectivity index (χ0n) is 28.5. The Morgan fingerprint density at radius 1 is 1.06 bits per heavy atom. The Kier molecular flexibility index (Phi) is 8.10. The zero-order chi connectivity index (χ0) is 37.6. The largest absolute Gasteiger partial charge is 0.435 e. The van der Waals surface area contributed by atoms with Gasteiger partial charge in [-0.3, -0.25) is 14.2 Å². The second kappa shape index (κ2) is 12.3. The molecule has 274 valence electrons. The lowest BCUT2D eigenvalue weighted by atomic mass is 9.81. The number of benzene rings is 2. The fraction of sp³-hybridized carbons (Fsp3) is 0.385. The number of aliphatic hydroxyl groups is 1. The first-order valence-corrected chi connectivity index (χ1v) is 17.2. The van der Waals surface area contributed by atoms with Crippen LogP contribution in [0.3, 0.4) is 0 Å². The topological polar surface area (TPSA) is 85.8 Å². The number of carbonyl (C=O) groups excluding carboxylic acids is 1. The van der Waals surface area contributed by atoms with Gasteiger partial charge >= 0.3 is 6.18 Å². The first kappa shape index (κ1) is 35.0. The molecule has 0 unspecified atom stereocenters. The van der Waals surface area contributed by atoms with Crippen molar-refractivity contribution in [3.05, 3.63) is 99.8 Å². The molecule has 0 bridgehead atoms. The molecular formula is C39H32F7N5O2. The number of pyridine rings is 1. The molecule has 2 saturated carbocycles. The molecular weight excluding hydrogens is 703 g/mol. The van der Waals surface area contributed by atoms with E-state index in [9.17, 15) is 31.9 Å². The number of fused-ring (bicyclic) bond motifs is 4. The Bertz CT molecular complexity index is 2360. The highest BCUT2D eigenvalue weighted by Gasteiger charge is 2.68. The van der Waals surface area contributed by atoms with Gasteiger partial charge in [0.25, 0.3) is 5.92 Å². The van der Waals surface area contributed by atoms with Crippen molar-refractivity contribution in [2.75, 3.05) is 0 Å². The third kappa shape index (κ3) is 6.18. The molecule has 5 aromatic rings. The normalized spacial score (nSPS) is 20.0. The van der Waals surface area contributed by atoms with Crippen LogP contribution in [0, 0.1) is 36.3 Å². The predicted octanol–water partition coefficient (Wildman–Crippen LogP) is 7.90. The molecule has 0 saturated heterocycles. The maximum absolute atomic E-state index is 15.4. The van der Waals surface area contributed by atoms with E-state index in [0.717, 1.165) is 35.2 Å². The fourth-order valence-corrected chi connectivity index (χ4v) is 8.01. The molecule has 0 radical (unpaired) electrons. The van der Waals surface area contributed by atoms with Crippen molar-refractivity contribution in [1.82, 2.24) is 24.5 Å². The number of alkyl halides is 5. The van der Waals surface area contributed by atoms with E-state index in [0.29, 0.717) is 34.7 Å². The van der Waals surface area contributed by atoms with Crippen LogP contribution in [-0.2, 0) is 36.9 Å². The molecule has 8 rings (SSSR count). The quantitative estimate of drug-likeness (QED) is 0.129. The van der Waals surface area contributed by atoms with E-state index in [1.807, 2.05) is 25.1 Å². The Balaban J connectivity index is 1.25. The van der Waals surface area contributed by atoms with Crippen LogP contribution in [0.5, 0.6) is 0 Å². The Labute approximate surface area is 298 Å². The van der Waals surface area contributed by atoms with Gasteiger partial charge in [-0.05, 0) is 80.7 Å². The van der Waals surface area contributed by atoms with Crippen molar-refractivity contribution in [3.8, 4) is 23.0 Å². The van der Waals surface area contributed by atoms with Crippen molar-refractivity contribution < 1.29 is 40.6 Å². The lowest BCUT2D eigenvalue weighted by molar-refractivity contribution is -0.142. The number of aryl methyl sites for hydroxylation is 2. The van der Waals surface area contributed by atoms with Crippen molar-refractivity contribution >= 4 is 16.7 Å². The number of halogens is 7. The van der Waals surface area contributed by atoms with E-state index < -0.39 is 82.8 Å². The molecule has 53 heavy (non-hydrogen) atoms. The Morgan fingerprint density at radius 3 is 2.47 bits per heavy atom. The SMILES string of the molecule is Cc1nn(C)c2c(-c3ccc(C#CC4(O)CCC4)nc3[C@@H](CC(=O)Cn3nc(C(F)(F)F)c4c3C(F)(F)[C@@H]3C[C@H]43)Cc3cc(F)cc(F)c3)cccc12. The molecule has 2 fully saturated rings. The van der Waals surface area contributed by atoms with Gasteiger partial charge in [0, 0.05) is 53.4 Å². The molecule has 0 aliphatic heterocycles. The molecule has 1 N–H and O–H groups in total. The van der Waals surface area contributed by atoms with E-state index in [4.69, 9.17) is 4.98 Å². The molecule has 3 aliphatic carbocycles. The highest BCUT2D eigenvalue weighted by molar-refractivity contribution is 5.96. The third-order valence-electron chi connectivity index (χ3n) is 10.7. The van der Waals surface area contributed by atoms with Gasteiger partial charge in [-0.25, -0.2) is 13.8 Å². The predicted molar refractivity (Wildman–Crippen MR) is 179 cm³/mol. The molecule has 14 heteroatoms. The second-order valence-corrected chi connectivity index (χ2v) is 14.4. The molecule has 7 nitrogen and oxygen atoms in total. The number of ketones is 1. The monoisotopic (exact) mass is 735 g/mol. The van der Waals surface area contributed by atoms with E-state index >= 15 is 8.78 Å². The van der Waals surface area contributed by atoms with Gasteiger partial charge in [-0.1, -0.05) is 24.1 Å². The number of Topliss-reactive ketones (excluding diaryl/α,β-unsaturated/α-hetero) is 1. The second-order valence-electron chi connectivity index (χ2n) is 14.4. The summed E-state index contributed by atoms with van der Waals surface area (Å²) in [4.78, 5) is 18.8. The number of rotatable bonds is 8. The minimum Gasteiger partial charge on any atom is -0.378 e. The van der Waals surface area contributed by atoms with Gasteiger partial charge < -0.3 is 5.11 Å². The van der Waals surface area contributed by atoms with Crippen molar-refractivity contribution in [1.29, 1.82) is 0 Å². The lowest BCUT2D eigenvalue weighted by Gasteiger charge is -2.30. The van der Waals surface area contributed by atoms with Crippen molar-refractivity contribution in [3.63, 3.8) is 0 Å². The Morgan fingerprint density at radius 2 is 1.79 bits per heavy atom. The van der Waals surface area contributed by atoms with Crippen molar-refractivity contribution in [2.24, 2.45) is 13.0 Å². The van der Waals surface area contributed by atoms with Crippen LogP contribution in [0.25, 0.3) is 22.0 Å². The maximum atomic E-state index is 15.4. The summed E-state index contributed by atoms with van der Waals surface area (Å²) in [6.07, 6.45) is -3.94. The van der Waals surface area contributed by atoms with Crippen LogP contribution in [0.2, 0.25) is 0 Å². The average Bonchev–Trinajstić information content (AvgIpc) is 3.62. The molecule has 0 spiro atoms. The summed E-state index contributed by atoms with van der Waals surface area (Å²) in [5, 5.41) is 19.5. The summed E-state index contributed by atoms with van der Waals surface area (Å²) in [5.41, 5.74) is -0.723. The minimum absolute atomic E-state index is 0.0942. The van der Waals surface area contributed by atoms with Crippen LogP contribution in [0.15, 0.2) is 48.5 Å². The summed E-state index contributed by atoms with van der Waals surface area (Å²) < 4.78 is 104. The first-order valence-electron chi connectivity index (χ1n) is 17.2. The summed E-state index contributed by atoms with van der Waals surface area (Å²) in [7, 11) is 1.76. The zero-order valence-corrected chi connectivity index (χ0v) is 28.5. The van der Waals surface area contributed by atoms with E-state index in [1.54, 1.807) is 23.9 Å². The number of nitrogens with zero attached hydrogens (tertiary/aromatic N) is 5. The van der Waals surface area contributed by atoms with Crippen LogP contribution < -0.4 is 0 Å². The van der Waals surface area contributed by atoms with Gasteiger partial charge in [0.05, 0.1) is 16.9 Å².